The molecule has 1 aromatic carbocycles. The third kappa shape index (κ3) is 3.56. The number of amides is 1. The van der Waals surface area contributed by atoms with Gasteiger partial charge in [-0.1, -0.05) is 6.42 Å². The standard InChI is InChI=1S/C17H25N3O/c1-12(21)19-13-7-9-14(10-8-13)20-17-5-2-4-15(17)16-6-3-11-18-16/h7-10,15-18,20H,2-6,11H2,1H3,(H,19,21). The summed E-state index contributed by atoms with van der Waals surface area (Å²) in [6.07, 6.45) is 6.56. The van der Waals surface area contributed by atoms with Gasteiger partial charge in [0.1, 0.15) is 0 Å². The van der Waals surface area contributed by atoms with E-state index in [2.05, 4.69) is 28.1 Å². The van der Waals surface area contributed by atoms with Gasteiger partial charge in [0.15, 0.2) is 0 Å². The van der Waals surface area contributed by atoms with Crippen LogP contribution >= 0.6 is 0 Å². The van der Waals surface area contributed by atoms with Crippen LogP contribution in [0.1, 0.15) is 39.0 Å². The number of carbonyl (C=O) groups excluding carboxylic acids is 1. The summed E-state index contributed by atoms with van der Waals surface area (Å²) in [6, 6.07) is 9.31. The third-order valence-corrected chi connectivity index (χ3v) is 4.74. The molecule has 3 rings (SSSR count). The van der Waals surface area contributed by atoms with Gasteiger partial charge in [0, 0.05) is 30.4 Å². The summed E-state index contributed by atoms with van der Waals surface area (Å²) in [5, 5.41) is 10.2. The van der Waals surface area contributed by atoms with Crippen LogP contribution in [0.4, 0.5) is 11.4 Å². The van der Waals surface area contributed by atoms with Crippen molar-refractivity contribution < 1.29 is 4.79 Å². The Kier molecular flexibility index (Phi) is 4.44. The maximum atomic E-state index is 11.0. The quantitative estimate of drug-likeness (QED) is 0.798. The molecule has 2 fully saturated rings. The van der Waals surface area contributed by atoms with Crippen LogP contribution in [0.2, 0.25) is 0 Å². The van der Waals surface area contributed by atoms with Crippen molar-refractivity contribution >= 4 is 17.3 Å². The minimum absolute atomic E-state index is 0.0288. The average molecular weight is 287 g/mol. The minimum Gasteiger partial charge on any atom is -0.382 e. The van der Waals surface area contributed by atoms with Crippen LogP contribution in [-0.4, -0.2) is 24.5 Å². The van der Waals surface area contributed by atoms with Gasteiger partial charge in [-0.15, -0.1) is 0 Å². The summed E-state index contributed by atoms with van der Waals surface area (Å²) in [5.41, 5.74) is 2.01. The van der Waals surface area contributed by atoms with Crippen molar-refractivity contribution in [2.24, 2.45) is 5.92 Å². The SMILES string of the molecule is CC(=O)Nc1ccc(NC2CCCC2C2CCCN2)cc1. The van der Waals surface area contributed by atoms with E-state index in [0.29, 0.717) is 12.1 Å². The van der Waals surface area contributed by atoms with Gasteiger partial charge < -0.3 is 16.0 Å². The Balaban J connectivity index is 1.61. The van der Waals surface area contributed by atoms with Crippen molar-refractivity contribution in [3.05, 3.63) is 24.3 Å². The first-order valence-corrected chi connectivity index (χ1v) is 8.10. The fraction of sp³-hybridized carbons (Fsp3) is 0.588. The lowest BCUT2D eigenvalue weighted by atomic mass is 9.93. The molecule has 0 aromatic heterocycles. The van der Waals surface area contributed by atoms with Gasteiger partial charge in [-0.25, -0.2) is 0 Å². The van der Waals surface area contributed by atoms with Crippen LogP contribution in [0.3, 0.4) is 0 Å². The molecule has 21 heavy (non-hydrogen) atoms. The van der Waals surface area contributed by atoms with E-state index in [1.54, 1.807) is 0 Å². The molecule has 3 unspecified atom stereocenters. The highest BCUT2D eigenvalue weighted by atomic mass is 16.1. The Morgan fingerprint density at radius 1 is 1.10 bits per heavy atom. The van der Waals surface area contributed by atoms with Crippen molar-refractivity contribution in [3.8, 4) is 0 Å². The molecule has 1 heterocycles. The Morgan fingerprint density at radius 2 is 1.86 bits per heavy atom. The van der Waals surface area contributed by atoms with Gasteiger partial charge in [-0.2, -0.15) is 0 Å². The zero-order valence-electron chi connectivity index (χ0n) is 12.7. The molecule has 1 saturated carbocycles. The van der Waals surface area contributed by atoms with E-state index in [-0.39, 0.29) is 5.91 Å². The Morgan fingerprint density at radius 3 is 2.52 bits per heavy atom. The summed E-state index contributed by atoms with van der Waals surface area (Å²) < 4.78 is 0. The van der Waals surface area contributed by atoms with Crippen molar-refractivity contribution in [1.82, 2.24) is 5.32 Å². The number of hydrogen-bond donors (Lipinski definition) is 3. The lowest BCUT2D eigenvalue weighted by Gasteiger charge is -2.27. The Labute approximate surface area is 126 Å². The summed E-state index contributed by atoms with van der Waals surface area (Å²) in [5.74, 6) is 0.724. The van der Waals surface area contributed by atoms with Gasteiger partial charge in [-0.05, 0) is 62.4 Å². The summed E-state index contributed by atoms with van der Waals surface area (Å²) >= 11 is 0. The van der Waals surface area contributed by atoms with E-state index in [0.717, 1.165) is 17.3 Å². The molecule has 0 bridgehead atoms. The number of nitrogens with one attached hydrogen (secondary N) is 3. The van der Waals surface area contributed by atoms with Crippen LogP contribution in [0.25, 0.3) is 0 Å². The van der Waals surface area contributed by atoms with E-state index in [4.69, 9.17) is 0 Å². The Bertz CT molecular complexity index is 479. The lowest BCUT2D eigenvalue weighted by molar-refractivity contribution is -0.114. The molecule has 114 valence electrons. The van der Waals surface area contributed by atoms with E-state index in [1.165, 1.54) is 45.6 Å². The highest BCUT2D eigenvalue weighted by Gasteiger charge is 2.34. The van der Waals surface area contributed by atoms with Gasteiger partial charge in [-0.3, -0.25) is 4.79 Å². The number of anilines is 2. The molecule has 3 N–H and O–H groups in total. The second-order valence-electron chi connectivity index (χ2n) is 6.31. The molecule has 0 radical (unpaired) electrons. The first-order chi connectivity index (χ1) is 10.2. The fourth-order valence-corrected chi connectivity index (χ4v) is 3.79. The van der Waals surface area contributed by atoms with Crippen molar-refractivity contribution in [2.75, 3.05) is 17.2 Å². The molecule has 1 saturated heterocycles. The highest BCUT2D eigenvalue weighted by Crippen LogP contribution is 2.34. The highest BCUT2D eigenvalue weighted by molar-refractivity contribution is 5.88. The molecule has 3 atom stereocenters. The molecule has 1 aromatic rings. The summed E-state index contributed by atoms with van der Waals surface area (Å²) in [4.78, 5) is 11.0. The lowest BCUT2D eigenvalue weighted by Crippen LogP contribution is -2.38. The largest absolute Gasteiger partial charge is 0.382 e. The third-order valence-electron chi connectivity index (χ3n) is 4.74. The molecule has 1 aliphatic carbocycles. The summed E-state index contributed by atoms with van der Waals surface area (Å²) in [7, 11) is 0. The maximum absolute atomic E-state index is 11.0. The van der Waals surface area contributed by atoms with Crippen LogP contribution in [0.5, 0.6) is 0 Å². The van der Waals surface area contributed by atoms with E-state index < -0.39 is 0 Å². The van der Waals surface area contributed by atoms with Crippen molar-refractivity contribution in [1.29, 1.82) is 0 Å². The zero-order chi connectivity index (χ0) is 14.7. The van der Waals surface area contributed by atoms with E-state index in [1.807, 2.05) is 12.1 Å². The second kappa shape index (κ2) is 6.48. The predicted octanol–water partition coefficient (Wildman–Crippen LogP) is 2.98. The molecule has 4 nitrogen and oxygen atoms in total. The molecule has 4 heteroatoms. The fourth-order valence-electron chi connectivity index (χ4n) is 3.79. The molecular weight excluding hydrogens is 262 g/mol. The first kappa shape index (κ1) is 14.4. The Hall–Kier alpha value is -1.55. The van der Waals surface area contributed by atoms with Gasteiger partial charge in [0.25, 0.3) is 0 Å². The average Bonchev–Trinajstić information content (AvgIpc) is 3.11. The van der Waals surface area contributed by atoms with Crippen LogP contribution < -0.4 is 16.0 Å². The first-order valence-electron chi connectivity index (χ1n) is 8.10. The topological polar surface area (TPSA) is 53.2 Å². The van der Waals surface area contributed by atoms with Gasteiger partial charge >= 0.3 is 0 Å². The monoisotopic (exact) mass is 287 g/mol. The number of rotatable bonds is 4. The normalized spacial score (nSPS) is 28.5. The molecule has 1 aliphatic heterocycles. The van der Waals surface area contributed by atoms with E-state index >= 15 is 0 Å². The second-order valence-corrected chi connectivity index (χ2v) is 6.31. The minimum atomic E-state index is -0.0288. The molecular formula is C17H25N3O. The maximum Gasteiger partial charge on any atom is 0.221 e. The number of hydrogen-bond acceptors (Lipinski definition) is 3. The van der Waals surface area contributed by atoms with Gasteiger partial charge in [0.2, 0.25) is 5.91 Å². The predicted molar refractivity (Wildman–Crippen MR) is 86.5 cm³/mol. The molecule has 0 spiro atoms. The van der Waals surface area contributed by atoms with Crippen LogP contribution in [-0.2, 0) is 4.79 Å². The van der Waals surface area contributed by atoms with E-state index in [9.17, 15) is 4.79 Å². The summed E-state index contributed by atoms with van der Waals surface area (Å²) in [6.45, 7) is 2.71. The van der Waals surface area contributed by atoms with Crippen molar-refractivity contribution in [2.45, 2.75) is 51.1 Å². The van der Waals surface area contributed by atoms with Gasteiger partial charge in [0.05, 0.1) is 0 Å². The van der Waals surface area contributed by atoms with Crippen LogP contribution in [0, 0.1) is 5.92 Å². The molecule has 1 amide bonds. The van der Waals surface area contributed by atoms with Crippen molar-refractivity contribution in [3.63, 3.8) is 0 Å². The van der Waals surface area contributed by atoms with Crippen LogP contribution in [0.15, 0.2) is 24.3 Å². The zero-order valence-corrected chi connectivity index (χ0v) is 12.7. The smallest absolute Gasteiger partial charge is 0.221 e. The number of carbonyl (C=O) groups is 1. The number of benzene rings is 1. The molecule has 2 aliphatic rings.